The van der Waals surface area contributed by atoms with Crippen LogP contribution in [-0.4, -0.2) is 44.5 Å². The van der Waals surface area contributed by atoms with Gasteiger partial charge in [0.2, 0.25) is 5.28 Å². The molecule has 3 N–H and O–H groups in total. The minimum Gasteiger partial charge on any atom is -0.444 e. The lowest BCUT2D eigenvalue weighted by atomic mass is 10.1. The molecule has 10 heteroatoms. The summed E-state index contributed by atoms with van der Waals surface area (Å²) in [6.45, 7) is 4.80. The molecule has 0 aliphatic rings. The van der Waals surface area contributed by atoms with E-state index in [1.54, 1.807) is 20.8 Å². The molecule has 0 aliphatic carbocycles. The Morgan fingerprint density at radius 3 is 2.18 bits per heavy atom. The highest BCUT2D eigenvalue weighted by molar-refractivity contribution is 6.36. The van der Waals surface area contributed by atoms with Gasteiger partial charge in [-0.2, -0.15) is 0 Å². The molecule has 22 heavy (non-hydrogen) atoms. The summed E-state index contributed by atoms with van der Waals surface area (Å²) in [6, 6.07) is 0. The van der Waals surface area contributed by atoms with Crippen molar-refractivity contribution in [3.05, 3.63) is 21.2 Å². The van der Waals surface area contributed by atoms with Crippen molar-refractivity contribution < 1.29 is 19.7 Å². The van der Waals surface area contributed by atoms with Crippen molar-refractivity contribution in [3.63, 3.8) is 0 Å². The summed E-state index contributed by atoms with van der Waals surface area (Å²) in [6.07, 6.45) is -3.64. The Morgan fingerprint density at radius 2 is 1.73 bits per heavy atom. The molecule has 1 amide bonds. The number of hydrogen-bond donors (Lipinski definition) is 3. The van der Waals surface area contributed by atoms with Crippen LogP contribution in [0.2, 0.25) is 15.6 Å². The first-order valence-corrected chi connectivity index (χ1v) is 7.36. The number of nitrogens with zero attached hydrogens (tertiary/aromatic N) is 2. The molecule has 124 valence electrons. The van der Waals surface area contributed by atoms with Crippen LogP contribution < -0.4 is 5.32 Å². The summed E-state index contributed by atoms with van der Waals surface area (Å²) in [5.41, 5.74) is -0.754. The molecule has 1 aromatic rings. The van der Waals surface area contributed by atoms with E-state index in [9.17, 15) is 15.0 Å². The number of nitrogens with one attached hydrogen (secondary N) is 1. The Hall–Kier alpha value is -0.860. The van der Waals surface area contributed by atoms with E-state index in [1.807, 2.05) is 0 Å². The lowest BCUT2D eigenvalue weighted by Crippen LogP contribution is -2.39. The highest BCUT2D eigenvalue weighted by atomic mass is 35.5. The van der Waals surface area contributed by atoms with Crippen molar-refractivity contribution in [2.45, 2.75) is 38.6 Å². The van der Waals surface area contributed by atoms with Crippen LogP contribution in [0.3, 0.4) is 0 Å². The van der Waals surface area contributed by atoms with E-state index in [2.05, 4.69) is 15.3 Å². The lowest BCUT2D eigenvalue weighted by Gasteiger charge is -2.22. The normalized spacial score (nSPS) is 14.4. The fourth-order valence-corrected chi connectivity index (χ4v) is 2.31. The molecule has 2 unspecified atom stereocenters. The monoisotopic (exact) mass is 371 g/mol. The maximum Gasteiger partial charge on any atom is 0.407 e. The van der Waals surface area contributed by atoms with E-state index in [4.69, 9.17) is 39.5 Å². The lowest BCUT2D eigenvalue weighted by molar-refractivity contribution is 0.0127. The summed E-state index contributed by atoms with van der Waals surface area (Å²) in [7, 11) is 0. The third kappa shape index (κ3) is 5.73. The summed E-state index contributed by atoms with van der Waals surface area (Å²) in [5, 5.41) is 21.7. The summed E-state index contributed by atoms with van der Waals surface area (Å²) >= 11 is 17.2. The fourth-order valence-electron chi connectivity index (χ4n) is 1.44. The topological polar surface area (TPSA) is 105 Å². The molecular weight excluding hydrogens is 357 g/mol. The van der Waals surface area contributed by atoms with Gasteiger partial charge in [0.1, 0.15) is 28.1 Å². The van der Waals surface area contributed by atoms with E-state index in [1.165, 1.54) is 0 Å². The van der Waals surface area contributed by atoms with Crippen LogP contribution in [0.25, 0.3) is 0 Å². The first-order chi connectivity index (χ1) is 10.0. The van der Waals surface area contributed by atoms with Gasteiger partial charge >= 0.3 is 6.09 Å². The molecule has 1 rings (SSSR count). The standard InChI is InChI=1S/C12H16Cl3N3O4/c1-12(2,3)22-11(21)16-4-5(19)7(20)6-8(13)17-10(15)18-9(6)14/h5,7,19-20H,4H2,1-3H3,(H,16,21). The molecule has 0 spiro atoms. The average molecular weight is 373 g/mol. The van der Waals surface area contributed by atoms with Gasteiger partial charge < -0.3 is 20.3 Å². The number of aromatic nitrogens is 2. The Labute approximate surface area is 142 Å². The average Bonchev–Trinajstić information content (AvgIpc) is 2.32. The molecule has 0 bridgehead atoms. The number of carbonyl (C=O) groups excluding carboxylic acids is 1. The molecule has 0 fully saturated rings. The second-order valence-corrected chi connectivity index (χ2v) is 6.44. The van der Waals surface area contributed by atoms with Crippen LogP contribution in [-0.2, 0) is 4.74 Å². The van der Waals surface area contributed by atoms with Crippen molar-refractivity contribution >= 4 is 40.9 Å². The highest BCUT2D eigenvalue weighted by Gasteiger charge is 2.26. The van der Waals surface area contributed by atoms with Gasteiger partial charge in [-0.3, -0.25) is 0 Å². The zero-order valence-electron chi connectivity index (χ0n) is 12.1. The zero-order chi connectivity index (χ0) is 17.1. The van der Waals surface area contributed by atoms with Crippen LogP contribution in [0.5, 0.6) is 0 Å². The van der Waals surface area contributed by atoms with Crippen LogP contribution in [0.15, 0.2) is 0 Å². The van der Waals surface area contributed by atoms with Gasteiger partial charge in [-0.25, -0.2) is 14.8 Å². The molecule has 0 aliphatic heterocycles. The molecule has 0 aromatic carbocycles. The molecule has 7 nitrogen and oxygen atoms in total. The van der Waals surface area contributed by atoms with Gasteiger partial charge in [-0.1, -0.05) is 23.2 Å². The van der Waals surface area contributed by atoms with Crippen molar-refractivity contribution in [1.29, 1.82) is 0 Å². The third-order valence-corrected chi connectivity index (χ3v) is 3.09. The summed E-state index contributed by atoms with van der Waals surface area (Å²) in [4.78, 5) is 18.7. The smallest absolute Gasteiger partial charge is 0.407 e. The minimum absolute atomic E-state index is 0.0776. The van der Waals surface area contributed by atoms with Crippen LogP contribution in [0.1, 0.15) is 32.4 Å². The molecule has 2 atom stereocenters. The second kappa shape index (κ2) is 7.61. The molecule has 1 aromatic heterocycles. The van der Waals surface area contributed by atoms with Gasteiger partial charge in [0.05, 0.1) is 5.56 Å². The SMILES string of the molecule is CC(C)(C)OC(=O)NCC(O)C(O)c1c(Cl)nc(Cl)nc1Cl. The second-order valence-electron chi connectivity index (χ2n) is 5.38. The number of carbonyl (C=O) groups is 1. The first-order valence-electron chi connectivity index (χ1n) is 6.22. The van der Waals surface area contributed by atoms with E-state index in [-0.39, 0.29) is 27.7 Å². The number of aliphatic hydroxyl groups is 2. The van der Waals surface area contributed by atoms with Crippen LogP contribution in [0.4, 0.5) is 4.79 Å². The Kier molecular flexibility index (Phi) is 6.64. The maximum absolute atomic E-state index is 11.5. The fraction of sp³-hybridized carbons (Fsp3) is 0.583. The number of halogens is 3. The molecular formula is C12H16Cl3N3O4. The van der Waals surface area contributed by atoms with Gasteiger partial charge in [0.25, 0.3) is 0 Å². The first kappa shape index (κ1) is 19.2. The molecule has 0 radical (unpaired) electrons. The molecule has 0 saturated carbocycles. The number of rotatable bonds is 4. The van der Waals surface area contributed by atoms with E-state index in [0.29, 0.717) is 0 Å². The number of aliphatic hydroxyl groups excluding tert-OH is 2. The van der Waals surface area contributed by atoms with Crippen LogP contribution >= 0.6 is 34.8 Å². The highest BCUT2D eigenvalue weighted by Crippen LogP contribution is 2.30. The quantitative estimate of drug-likeness (QED) is 0.553. The largest absolute Gasteiger partial charge is 0.444 e. The van der Waals surface area contributed by atoms with E-state index in [0.717, 1.165) is 0 Å². The number of amides is 1. The third-order valence-electron chi connectivity index (χ3n) is 2.34. The molecule has 0 saturated heterocycles. The Balaban J connectivity index is 2.70. The van der Waals surface area contributed by atoms with Crippen LogP contribution in [0, 0.1) is 0 Å². The molecule has 1 heterocycles. The van der Waals surface area contributed by atoms with Crippen molar-refractivity contribution in [2.24, 2.45) is 0 Å². The van der Waals surface area contributed by atoms with E-state index >= 15 is 0 Å². The predicted molar refractivity (Wildman–Crippen MR) is 82.3 cm³/mol. The van der Waals surface area contributed by atoms with Crippen molar-refractivity contribution in [2.75, 3.05) is 6.54 Å². The summed E-state index contributed by atoms with van der Waals surface area (Å²) < 4.78 is 5.00. The van der Waals surface area contributed by atoms with Gasteiger partial charge in [0, 0.05) is 6.54 Å². The van der Waals surface area contributed by atoms with Crippen molar-refractivity contribution in [3.8, 4) is 0 Å². The maximum atomic E-state index is 11.5. The number of alkyl carbamates (subject to hydrolysis) is 1. The van der Waals surface area contributed by atoms with Gasteiger partial charge in [-0.05, 0) is 32.4 Å². The zero-order valence-corrected chi connectivity index (χ0v) is 14.4. The van der Waals surface area contributed by atoms with Crippen molar-refractivity contribution in [1.82, 2.24) is 15.3 Å². The van der Waals surface area contributed by atoms with E-state index < -0.39 is 23.9 Å². The van der Waals surface area contributed by atoms with Gasteiger partial charge in [0.15, 0.2) is 0 Å². The summed E-state index contributed by atoms with van der Waals surface area (Å²) in [5.74, 6) is 0. The minimum atomic E-state index is -1.51. The Bertz CT molecular complexity index is 528. The number of hydrogen-bond acceptors (Lipinski definition) is 6. The van der Waals surface area contributed by atoms with Gasteiger partial charge in [-0.15, -0.1) is 0 Å². The Morgan fingerprint density at radius 1 is 1.23 bits per heavy atom. The number of ether oxygens (including phenoxy) is 1. The predicted octanol–water partition coefficient (Wildman–Crippen LogP) is 2.36.